The van der Waals surface area contributed by atoms with Crippen LogP contribution in [-0.4, -0.2) is 31.4 Å². The second kappa shape index (κ2) is 7.36. The van der Waals surface area contributed by atoms with Crippen molar-refractivity contribution in [3.05, 3.63) is 29.0 Å². The maximum absolute atomic E-state index is 11.1. The first-order chi connectivity index (χ1) is 11.1. The Morgan fingerprint density at radius 1 is 1.28 bits per heavy atom. The number of hydrogen-bond donors (Lipinski definition) is 1. The Hall–Kier alpha value is -0.933. The zero-order valence-corrected chi connectivity index (χ0v) is 18.5. The lowest BCUT2D eigenvalue weighted by molar-refractivity contribution is -0.104. The summed E-state index contributed by atoms with van der Waals surface area (Å²) in [6.45, 7) is 19.2. The molecule has 0 amide bonds. The van der Waals surface area contributed by atoms with E-state index in [-0.39, 0.29) is 16.6 Å². The maximum atomic E-state index is 11.1. The highest BCUT2D eigenvalue weighted by molar-refractivity contribution is 6.74. The molecule has 4 heteroatoms. The Bertz CT molecular complexity index is 577. The molecule has 3 nitrogen and oxygen atoms in total. The van der Waals surface area contributed by atoms with Crippen LogP contribution in [0.2, 0.25) is 18.1 Å². The highest BCUT2D eigenvalue weighted by atomic mass is 28.4. The first-order valence-corrected chi connectivity index (χ1v) is 12.0. The van der Waals surface area contributed by atoms with Crippen molar-refractivity contribution >= 4 is 14.6 Å². The number of hydrogen-bond acceptors (Lipinski definition) is 3. The average molecular weight is 365 g/mol. The Morgan fingerprint density at radius 2 is 1.84 bits per heavy atom. The lowest BCUT2D eigenvalue weighted by Gasteiger charge is -2.48. The number of aliphatic hydroxyl groups is 1. The van der Waals surface area contributed by atoms with Crippen molar-refractivity contribution in [2.24, 2.45) is 5.41 Å². The summed E-state index contributed by atoms with van der Waals surface area (Å²) in [5.41, 5.74) is 3.80. The molecule has 0 aromatic rings. The van der Waals surface area contributed by atoms with Crippen LogP contribution in [0, 0.1) is 5.41 Å². The highest BCUT2D eigenvalue weighted by Crippen LogP contribution is 2.48. The molecule has 142 valence electrons. The second-order valence-electron chi connectivity index (χ2n) is 9.78. The van der Waals surface area contributed by atoms with Gasteiger partial charge in [0.25, 0.3) is 0 Å². The summed E-state index contributed by atoms with van der Waals surface area (Å²) in [7, 11) is -1.88. The van der Waals surface area contributed by atoms with Gasteiger partial charge in [0.15, 0.2) is 8.32 Å². The van der Waals surface area contributed by atoms with Crippen LogP contribution in [-0.2, 0) is 9.22 Å². The van der Waals surface area contributed by atoms with Crippen LogP contribution in [0.5, 0.6) is 0 Å². The van der Waals surface area contributed by atoms with Gasteiger partial charge in [-0.05, 0) is 61.5 Å². The van der Waals surface area contributed by atoms with Crippen molar-refractivity contribution in [3.63, 3.8) is 0 Å². The van der Waals surface area contributed by atoms with Crippen LogP contribution in [0.1, 0.15) is 61.3 Å². The predicted molar refractivity (Wildman–Crippen MR) is 107 cm³/mol. The van der Waals surface area contributed by atoms with E-state index >= 15 is 0 Å². The summed E-state index contributed by atoms with van der Waals surface area (Å²) >= 11 is 0. The van der Waals surface area contributed by atoms with Gasteiger partial charge in [-0.25, -0.2) is 0 Å². The Kier molecular flexibility index (Phi) is 6.51. The molecule has 0 aromatic heterocycles. The molecule has 1 saturated carbocycles. The van der Waals surface area contributed by atoms with Gasteiger partial charge in [-0.1, -0.05) is 34.6 Å². The van der Waals surface area contributed by atoms with Crippen LogP contribution in [0.25, 0.3) is 0 Å². The molecule has 1 aliphatic rings. The van der Waals surface area contributed by atoms with Gasteiger partial charge in [0.1, 0.15) is 6.29 Å². The third-order valence-electron chi connectivity index (χ3n) is 5.62. The van der Waals surface area contributed by atoms with Gasteiger partial charge >= 0.3 is 0 Å². The van der Waals surface area contributed by atoms with E-state index in [2.05, 4.69) is 53.4 Å². The minimum Gasteiger partial charge on any atom is -0.414 e. The predicted octanol–water partition coefficient (Wildman–Crippen LogP) is 5.17. The fourth-order valence-electron chi connectivity index (χ4n) is 3.39. The molecular formula is C21H36O3Si. The number of carbonyl (C=O) groups excluding carboxylic acids is 1. The van der Waals surface area contributed by atoms with Crippen molar-refractivity contribution in [2.75, 3.05) is 0 Å². The number of aldehydes is 1. The third kappa shape index (κ3) is 5.52. The molecule has 25 heavy (non-hydrogen) atoms. The quantitative estimate of drug-likeness (QED) is 0.246. The zero-order valence-electron chi connectivity index (χ0n) is 17.5. The smallest absolute Gasteiger partial charge is 0.192 e. The standard InChI is InChI=1S/C21H36O3Si/c1-16(12-13-22)10-11-18-20(5,6)14-17(15-21(18,7)23)24-25(8,9)19(2,3)4/h10,12-13,17,23H,14-15H2,1-9H3/b16-12-/t11?,17-,21+/m0/s1. The molecule has 2 atom stereocenters. The van der Waals surface area contributed by atoms with E-state index in [1.807, 2.05) is 13.8 Å². The van der Waals surface area contributed by atoms with Crippen LogP contribution in [0.4, 0.5) is 0 Å². The highest BCUT2D eigenvalue weighted by Gasteiger charge is 2.48. The van der Waals surface area contributed by atoms with Gasteiger partial charge in [0, 0.05) is 18.1 Å². The third-order valence-corrected chi connectivity index (χ3v) is 10.2. The molecule has 1 fully saturated rings. The Morgan fingerprint density at radius 3 is 2.28 bits per heavy atom. The average Bonchev–Trinajstić information content (AvgIpc) is 2.33. The summed E-state index contributed by atoms with van der Waals surface area (Å²) in [5, 5.41) is 11.3. The Balaban J connectivity index is 3.17. The molecule has 0 unspecified atom stereocenters. The van der Waals surface area contributed by atoms with Crippen molar-refractivity contribution < 1.29 is 14.3 Å². The van der Waals surface area contributed by atoms with Crippen molar-refractivity contribution in [3.8, 4) is 0 Å². The molecule has 0 aromatic carbocycles. The molecule has 0 heterocycles. The minimum absolute atomic E-state index is 0.0445. The molecule has 1 rings (SSSR count). The summed E-state index contributed by atoms with van der Waals surface area (Å²) in [5.74, 6) is 0. The largest absolute Gasteiger partial charge is 0.414 e. The van der Waals surface area contributed by atoms with Crippen LogP contribution >= 0.6 is 0 Å². The first kappa shape index (κ1) is 22.1. The lowest BCUT2D eigenvalue weighted by Crippen LogP contribution is -2.51. The van der Waals surface area contributed by atoms with Gasteiger partial charge in [-0.3, -0.25) is 4.79 Å². The molecule has 0 aliphatic heterocycles. The van der Waals surface area contributed by atoms with E-state index in [1.165, 1.54) is 6.08 Å². The molecule has 0 bridgehead atoms. The van der Waals surface area contributed by atoms with Crippen LogP contribution in [0.15, 0.2) is 29.0 Å². The van der Waals surface area contributed by atoms with Gasteiger partial charge in [-0.2, -0.15) is 0 Å². The lowest BCUT2D eigenvalue weighted by atomic mass is 9.65. The van der Waals surface area contributed by atoms with Gasteiger partial charge in [0.2, 0.25) is 0 Å². The first-order valence-electron chi connectivity index (χ1n) is 9.12. The van der Waals surface area contributed by atoms with Gasteiger partial charge in [0.05, 0.1) is 5.60 Å². The fraction of sp³-hybridized carbons (Fsp3) is 0.714. The maximum Gasteiger partial charge on any atom is 0.192 e. The topological polar surface area (TPSA) is 46.5 Å². The molecule has 1 aliphatic carbocycles. The van der Waals surface area contributed by atoms with E-state index in [4.69, 9.17) is 4.43 Å². The molecule has 0 saturated heterocycles. The summed E-state index contributed by atoms with van der Waals surface area (Å²) in [4.78, 5) is 10.6. The Labute approximate surface area is 155 Å². The summed E-state index contributed by atoms with van der Waals surface area (Å²) < 4.78 is 6.60. The van der Waals surface area contributed by atoms with E-state index < -0.39 is 13.9 Å². The summed E-state index contributed by atoms with van der Waals surface area (Å²) in [6, 6.07) is 0. The van der Waals surface area contributed by atoms with Crippen molar-refractivity contribution in [2.45, 2.75) is 91.1 Å². The van der Waals surface area contributed by atoms with E-state index in [9.17, 15) is 9.90 Å². The fourth-order valence-corrected chi connectivity index (χ4v) is 4.74. The second-order valence-corrected chi connectivity index (χ2v) is 14.5. The summed E-state index contributed by atoms with van der Waals surface area (Å²) in [6.07, 6.45) is 5.54. The number of carbonyl (C=O) groups is 1. The van der Waals surface area contributed by atoms with Crippen LogP contribution in [0.3, 0.4) is 0 Å². The van der Waals surface area contributed by atoms with Crippen molar-refractivity contribution in [1.82, 2.24) is 0 Å². The molecule has 0 spiro atoms. The zero-order chi connectivity index (χ0) is 19.7. The minimum atomic E-state index is -1.88. The van der Waals surface area contributed by atoms with E-state index in [0.717, 1.165) is 23.9 Å². The van der Waals surface area contributed by atoms with Gasteiger partial charge < -0.3 is 9.53 Å². The van der Waals surface area contributed by atoms with Crippen molar-refractivity contribution in [1.29, 1.82) is 0 Å². The SMILES string of the molecule is C/C(C=C=C1C(C)(C)C[C@H](O[Si](C)(C)C(C)(C)C)C[C@@]1(C)O)=C/C=O. The van der Waals surface area contributed by atoms with Crippen LogP contribution < -0.4 is 0 Å². The van der Waals surface area contributed by atoms with Gasteiger partial charge in [-0.15, -0.1) is 5.73 Å². The molecule has 1 N–H and O–H groups in total. The monoisotopic (exact) mass is 364 g/mol. The number of allylic oxidation sites excluding steroid dienone is 2. The van der Waals surface area contributed by atoms with E-state index in [0.29, 0.717) is 6.42 Å². The normalized spacial score (nSPS) is 27.7. The molecule has 0 radical (unpaired) electrons. The van der Waals surface area contributed by atoms with E-state index in [1.54, 1.807) is 6.08 Å². The number of rotatable bonds is 4. The molecular weight excluding hydrogens is 328 g/mol.